The van der Waals surface area contributed by atoms with Gasteiger partial charge >= 0.3 is 0 Å². The van der Waals surface area contributed by atoms with E-state index in [9.17, 15) is 4.79 Å². The van der Waals surface area contributed by atoms with Crippen molar-refractivity contribution in [1.29, 1.82) is 0 Å². The fourth-order valence-corrected chi connectivity index (χ4v) is 3.28. The summed E-state index contributed by atoms with van der Waals surface area (Å²) in [6, 6.07) is 12.6. The Morgan fingerprint density at radius 3 is 2.64 bits per heavy atom. The predicted molar refractivity (Wildman–Crippen MR) is 95.2 cm³/mol. The van der Waals surface area contributed by atoms with Crippen LogP contribution in [0.15, 0.2) is 71.7 Å². The lowest BCUT2D eigenvalue weighted by molar-refractivity contribution is 0.102. The van der Waals surface area contributed by atoms with Crippen molar-refractivity contribution in [3.05, 3.63) is 73.0 Å². The zero-order chi connectivity index (χ0) is 17.1. The van der Waals surface area contributed by atoms with Crippen molar-refractivity contribution in [3.8, 4) is 21.9 Å². The van der Waals surface area contributed by atoms with Crippen molar-refractivity contribution in [2.75, 3.05) is 5.32 Å². The number of rotatable bonds is 4. The molecule has 0 aliphatic rings. The zero-order valence-corrected chi connectivity index (χ0v) is 13.7. The molecule has 0 fully saturated rings. The molecule has 4 aromatic heterocycles. The number of carbonyl (C=O) groups is 1. The highest BCUT2D eigenvalue weighted by molar-refractivity contribution is 7.19. The number of carbonyl (C=O) groups excluding carboxylic acids is 1. The summed E-state index contributed by atoms with van der Waals surface area (Å²) in [4.78, 5) is 25.8. The lowest BCUT2D eigenvalue weighted by atomic mass is 10.2. The molecule has 0 aliphatic heterocycles. The molecule has 25 heavy (non-hydrogen) atoms. The Labute approximate surface area is 147 Å². The van der Waals surface area contributed by atoms with E-state index in [-0.39, 0.29) is 5.91 Å². The van der Waals surface area contributed by atoms with Crippen LogP contribution >= 0.6 is 11.3 Å². The number of anilines is 1. The molecule has 4 rings (SSSR count). The molecule has 0 saturated carbocycles. The Bertz CT molecular complexity index is 983. The number of thiazole rings is 1. The van der Waals surface area contributed by atoms with Crippen LogP contribution in [0.25, 0.3) is 21.9 Å². The van der Waals surface area contributed by atoms with Crippen molar-refractivity contribution >= 4 is 22.4 Å². The Balaban J connectivity index is 1.71. The fraction of sp³-hybridized carbons (Fsp3) is 0. The first-order valence-electron chi connectivity index (χ1n) is 7.49. The number of pyridine rings is 2. The SMILES string of the molecule is O=C(Nc1nc(-c2ccco2)c(-c2ccncc2)s1)c1ccccn1. The fourth-order valence-electron chi connectivity index (χ4n) is 2.31. The van der Waals surface area contributed by atoms with E-state index in [4.69, 9.17) is 4.42 Å². The van der Waals surface area contributed by atoms with Crippen LogP contribution in [0.3, 0.4) is 0 Å². The minimum absolute atomic E-state index is 0.304. The molecule has 1 N–H and O–H groups in total. The topological polar surface area (TPSA) is 80.9 Å². The summed E-state index contributed by atoms with van der Waals surface area (Å²) in [7, 11) is 0. The molecule has 6 nitrogen and oxygen atoms in total. The maximum atomic E-state index is 12.3. The lowest BCUT2D eigenvalue weighted by Gasteiger charge is -1.99. The summed E-state index contributed by atoms with van der Waals surface area (Å²) in [5.41, 5.74) is 1.97. The molecular formula is C18H12N4O2S. The van der Waals surface area contributed by atoms with Gasteiger partial charge in [-0.3, -0.25) is 20.1 Å². The summed E-state index contributed by atoms with van der Waals surface area (Å²) in [6.07, 6.45) is 6.60. The Morgan fingerprint density at radius 2 is 1.92 bits per heavy atom. The standard InChI is InChI=1S/C18H12N4O2S/c23-17(13-4-1-2-8-20-13)22-18-21-15(14-5-3-11-24-14)16(25-18)12-6-9-19-10-7-12/h1-11H,(H,21,22,23). The second kappa shape index (κ2) is 6.66. The number of hydrogen-bond acceptors (Lipinski definition) is 6. The van der Waals surface area contributed by atoms with Crippen molar-refractivity contribution < 1.29 is 9.21 Å². The molecule has 122 valence electrons. The van der Waals surface area contributed by atoms with E-state index in [1.54, 1.807) is 49.1 Å². The Morgan fingerprint density at radius 1 is 1.04 bits per heavy atom. The molecule has 0 bridgehead atoms. The summed E-state index contributed by atoms with van der Waals surface area (Å²) < 4.78 is 5.49. The van der Waals surface area contributed by atoms with E-state index in [0.717, 1.165) is 10.4 Å². The van der Waals surface area contributed by atoms with Crippen LogP contribution in [0, 0.1) is 0 Å². The second-order valence-corrected chi connectivity index (χ2v) is 6.08. The minimum Gasteiger partial charge on any atom is -0.463 e. The van der Waals surface area contributed by atoms with Gasteiger partial charge in [-0.2, -0.15) is 0 Å². The number of nitrogens with zero attached hydrogens (tertiary/aromatic N) is 3. The molecule has 4 heterocycles. The maximum Gasteiger partial charge on any atom is 0.276 e. The van der Waals surface area contributed by atoms with Crippen LogP contribution in [0.4, 0.5) is 5.13 Å². The van der Waals surface area contributed by atoms with E-state index < -0.39 is 0 Å². The van der Waals surface area contributed by atoms with Crippen LogP contribution in [0.1, 0.15) is 10.5 Å². The molecule has 4 aromatic rings. The third kappa shape index (κ3) is 3.17. The van der Waals surface area contributed by atoms with Crippen LogP contribution in [0.5, 0.6) is 0 Å². The van der Waals surface area contributed by atoms with Crippen molar-refractivity contribution in [2.24, 2.45) is 0 Å². The van der Waals surface area contributed by atoms with Gasteiger partial charge in [0.05, 0.1) is 11.1 Å². The number of furan rings is 1. The van der Waals surface area contributed by atoms with Gasteiger partial charge in [0.25, 0.3) is 5.91 Å². The predicted octanol–water partition coefficient (Wildman–Crippen LogP) is 4.11. The molecule has 1 amide bonds. The molecule has 0 radical (unpaired) electrons. The van der Waals surface area contributed by atoms with Crippen molar-refractivity contribution in [3.63, 3.8) is 0 Å². The number of aromatic nitrogens is 3. The van der Waals surface area contributed by atoms with Crippen LogP contribution in [0.2, 0.25) is 0 Å². The van der Waals surface area contributed by atoms with Crippen molar-refractivity contribution in [2.45, 2.75) is 0 Å². The quantitative estimate of drug-likeness (QED) is 0.600. The Kier molecular flexibility index (Phi) is 4.05. The largest absolute Gasteiger partial charge is 0.463 e. The van der Waals surface area contributed by atoms with E-state index in [2.05, 4.69) is 20.3 Å². The summed E-state index contributed by atoms with van der Waals surface area (Å²) >= 11 is 1.38. The lowest BCUT2D eigenvalue weighted by Crippen LogP contribution is -2.13. The molecular weight excluding hydrogens is 336 g/mol. The summed E-state index contributed by atoms with van der Waals surface area (Å²) in [5, 5.41) is 3.28. The minimum atomic E-state index is -0.304. The van der Waals surface area contributed by atoms with E-state index in [1.807, 2.05) is 18.2 Å². The van der Waals surface area contributed by atoms with Crippen molar-refractivity contribution in [1.82, 2.24) is 15.0 Å². The average molecular weight is 348 g/mol. The number of amides is 1. The third-order valence-electron chi connectivity index (χ3n) is 3.44. The Hall–Kier alpha value is -3.32. The zero-order valence-electron chi connectivity index (χ0n) is 12.9. The van der Waals surface area contributed by atoms with E-state index in [1.165, 1.54) is 11.3 Å². The van der Waals surface area contributed by atoms with E-state index in [0.29, 0.717) is 22.3 Å². The molecule has 0 aliphatic carbocycles. The normalized spacial score (nSPS) is 10.6. The highest BCUT2D eigenvalue weighted by atomic mass is 32.1. The first-order chi connectivity index (χ1) is 12.3. The van der Waals surface area contributed by atoms with E-state index >= 15 is 0 Å². The second-order valence-electron chi connectivity index (χ2n) is 5.08. The van der Waals surface area contributed by atoms with Crippen LogP contribution in [-0.2, 0) is 0 Å². The van der Waals surface area contributed by atoms with Gasteiger partial charge in [0, 0.05) is 18.6 Å². The number of hydrogen-bond donors (Lipinski definition) is 1. The molecule has 0 saturated heterocycles. The third-order valence-corrected chi connectivity index (χ3v) is 4.46. The smallest absolute Gasteiger partial charge is 0.276 e. The summed E-state index contributed by atoms with van der Waals surface area (Å²) in [5.74, 6) is 0.336. The molecule has 0 unspecified atom stereocenters. The number of nitrogens with one attached hydrogen (secondary N) is 1. The molecule has 0 atom stereocenters. The van der Waals surface area contributed by atoms with Gasteiger partial charge in [0.15, 0.2) is 10.9 Å². The van der Waals surface area contributed by atoms with Gasteiger partial charge in [-0.15, -0.1) is 0 Å². The molecule has 7 heteroatoms. The average Bonchev–Trinajstić information content (AvgIpc) is 3.33. The van der Waals surface area contributed by atoms with Gasteiger partial charge in [-0.05, 0) is 42.0 Å². The first-order valence-corrected chi connectivity index (χ1v) is 8.30. The van der Waals surface area contributed by atoms with Gasteiger partial charge < -0.3 is 4.42 Å². The maximum absolute atomic E-state index is 12.3. The van der Waals surface area contributed by atoms with Crippen LogP contribution in [-0.4, -0.2) is 20.9 Å². The first kappa shape index (κ1) is 15.2. The van der Waals surface area contributed by atoms with Gasteiger partial charge in [0.2, 0.25) is 0 Å². The monoisotopic (exact) mass is 348 g/mol. The molecule has 0 spiro atoms. The van der Waals surface area contributed by atoms with Crippen LogP contribution < -0.4 is 5.32 Å². The summed E-state index contributed by atoms with van der Waals surface area (Å²) in [6.45, 7) is 0. The van der Waals surface area contributed by atoms with Gasteiger partial charge in [-0.25, -0.2) is 4.98 Å². The highest BCUT2D eigenvalue weighted by Gasteiger charge is 2.18. The molecule has 0 aromatic carbocycles. The van der Waals surface area contributed by atoms with Gasteiger partial charge in [-0.1, -0.05) is 17.4 Å². The van der Waals surface area contributed by atoms with Gasteiger partial charge in [0.1, 0.15) is 11.4 Å². The highest BCUT2D eigenvalue weighted by Crippen LogP contribution is 2.39.